The van der Waals surface area contributed by atoms with E-state index in [9.17, 15) is 9.59 Å². The molecule has 0 radical (unpaired) electrons. The maximum absolute atomic E-state index is 13.0. The van der Waals surface area contributed by atoms with Crippen LogP contribution in [0.15, 0.2) is 36.7 Å². The van der Waals surface area contributed by atoms with E-state index in [2.05, 4.69) is 29.0 Å². The van der Waals surface area contributed by atoms with Crippen molar-refractivity contribution in [2.24, 2.45) is 0 Å². The fourth-order valence-electron chi connectivity index (χ4n) is 4.21. The SMILES string of the molecule is CC(=O)N1CCCCCCCN(C(C)C)Cc2cc(C(=O)Nc3cnccc3C)ccc21. The zero-order valence-corrected chi connectivity index (χ0v) is 19.9. The van der Waals surface area contributed by atoms with Crippen molar-refractivity contribution in [1.82, 2.24) is 9.88 Å². The fraction of sp³-hybridized carbons (Fsp3) is 0.500. The summed E-state index contributed by atoms with van der Waals surface area (Å²) in [5.74, 6) is -0.122. The van der Waals surface area contributed by atoms with Gasteiger partial charge in [0.15, 0.2) is 0 Å². The summed E-state index contributed by atoms with van der Waals surface area (Å²) in [6.45, 7) is 10.4. The van der Waals surface area contributed by atoms with E-state index in [-0.39, 0.29) is 11.8 Å². The van der Waals surface area contributed by atoms with E-state index in [0.717, 1.165) is 36.2 Å². The van der Waals surface area contributed by atoms with Crippen LogP contribution in [0, 0.1) is 6.92 Å². The third-order valence-corrected chi connectivity index (χ3v) is 6.23. The molecule has 1 aromatic carbocycles. The van der Waals surface area contributed by atoms with Crippen LogP contribution in [0.3, 0.4) is 0 Å². The summed E-state index contributed by atoms with van der Waals surface area (Å²) in [7, 11) is 0. The van der Waals surface area contributed by atoms with E-state index in [1.54, 1.807) is 19.3 Å². The van der Waals surface area contributed by atoms with E-state index >= 15 is 0 Å². The first-order valence-corrected chi connectivity index (χ1v) is 11.7. The number of pyridine rings is 1. The van der Waals surface area contributed by atoms with Crippen LogP contribution in [0.1, 0.15) is 74.4 Å². The zero-order valence-electron chi connectivity index (χ0n) is 19.9. The molecule has 0 unspecified atom stereocenters. The Hall–Kier alpha value is -2.73. The van der Waals surface area contributed by atoms with Crippen LogP contribution in [0.2, 0.25) is 0 Å². The van der Waals surface area contributed by atoms with Crippen molar-refractivity contribution in [3.63, 3.8) is 0 Å². The van der Waals surface area contributed by atoms with Crippen LogP contribution in [-0.2, 0) is 11.3 Å². The topological polar surface area (TPSA) is 65.5 Å². The average Bonchev–Trinajstić information content (AvgIpc) is 2.75. The number of hydrogen-bond acceptors (Lipinski definition) is 4. The van der Waals surface area contributed by atoms with Crippen molar-refractivity contribution in [2.45, 2.75) is 72.4 Å². The van der Waals surface area contributed by atoms with Crippen LogP contribution in [-0.4, -0.2) is 40.8 Å². The van der Waals surface area contributed by atoms with Gasteiger partial charge in [0.05, 0.1) is 11.9 Å². The largest absolute Gasteiger partial charge is 0.320 e. The molecule has 2 heterocycles. The molecule has 0 fully saturated rings. The third kappa shape index (κ3) is 6.16. The summed E-state index contributed by atoms with van der Waals surface area (Å²) in [5, 5.41) is 2.97. The van der Waals surface area contributed by atoms with Crippen molar-refractivity contribution >= 4 is 23.2 Å². The molecule has 0 saturated carbocycles. The van der Waals surface area contributed by atoms with Crippen molar-refractivity contribution in [3.8, 4) is 0 Å². The van der Waals surface area contributed by atoms with Crippen molar-refractivity contribution < 1.29 is 9.59 Å². The molecular formula is C26H36N4O2. The Kier molecular flexibility index (Phi) is 8.39. The number of nitrogens with zero attached hydrogens (tertiary/aromatic N) is 3. The second-order valence-electron chi connectivity index (χ2n) is 8.99. The molecule has 0 bridgehead atoms. The minimum Gasteiger partial charge on any atom is -0.320 e. The Morgan fingerprint density at radius 1 is 1.03 bits per heavy atom. The zero-order chi connectivity index (χ0) is 23.1. The first-order valence-electron chi connectivity index (χ1n) is 11.7. The molecule has 3 rings (SSSR count). The number of aromatic nitrogens is 1. The fourth-order valence-corrected chi connectivity index (χ4v) is 4.21. The number of rotatable bonds is 3. The van der Waals surface area contributed by atoms with Crippen molar-refractivity contribution in [3.05, 3.63) is 53.3 Å². The number of anilines is 2. The molecule has 1 aromatic heterocycles. The maximum Gasteiger partial charge on any atom is 0.255 e. The summed E-state index contributed by atoms with van der Waals surface area (Å²) >= 11 is 0. The lowest BCUT2D eigenvalue weighted by atomic mass is 10.0. The van der Waals surface area contributed by atoms with Crippen LogP contribution in [0.4, 0.5) is 11.4 Å². The van der Waals surface area contributed by atoms with E-state index < -0.39 is 0 Å². The van der Waals surface area contributed by atoms with Gasteiger partial charge in [0.2, 0.25) is 5.91 Å². The standard InChI is InChI=1S/C26H36N4O2/c1-19(2)29-14-8-6-5-7-9-15-30(21(4)31)25-11-10-22(16-23(25)18-29)26(32)28-24-17-27-13-12-20(24)3/h10-13,16-17,19H,5-9,14-15,18H2,1-4H3,(H,28,32). The summed E-state index contributed by atoms with van der Waals surface area (Å²) in [6, 6.07) is 7.97. The highest BCUT2D eigenvalue weighted by Crippen LogP contribution is 2.27. The lowest BCUT2D eigenvalue weighted by molar-refractivity contribution is -0.116. The minimum atomic E-state index is -0.166. The van der Waals surface area contributed by atoms with Crippen LogP contribution >= 0.6 is 0 Å². The maximum atomic E-state index is 13.0. The van der Waals surface area contributed by atoms with Gasteiger partial charge in [-0.15, -0.1) is 0 Å². The number of hydrogen-bond donors (Lipinski definition) is 1. The molecule has 1 aliphatic heterocycles. The Labute approximate surface area is 192 Å². The molecule has 6 heteroatoms. The van der Waals surface area contributed by atoms with Crippen molar-refractivity contribution in [1.29, 1.82) is 0 Å². The lowest BCUT2D eigenvalue weighted by Gasteiger charge is -2.31. The van der Waals surface area contributed by atoms with Gasteiger partial charge in [-0.05, 0) is 75.5 Å². The van der Waals surface area contributed by atoms with E-state index in [0.29, 0.717) is 30.4 Å². The molecular weight excluding hydrogens is 400 g/mol. The van der Waals surface area contributed by atoms with Gasteiger partial charge in [0, 0.05) is 43.5 Å². The predicted molar refractivity (Wildman–Crippen MR) is 130 cm³/mol. The molecule has 172 valence electrons. The average molecular weight is 437 g/mol. The highest BCUT2D eigenvalue weighted by molar-refractivity contribution is 6.05. The Balaban J connectivity index is 1.97. The number of benzene rings is 1. The van der Waals surface area contributed by atoms with Crippen LogP contribution < -0.4 is 10.2 Å². The number of carbonyl (C=O) groups excluding carboxylic acids is 2. The highest BCUT2D eigenvalue weighted by atomic mass is 16.2. The molecule has 1 N–H and O–H groups in total. The van der Waals surface area contributed by atoms with Gasteiger partial charge in [-0.2, -0.15) is 0 Å². The van der Waals surface area contributed by atoms with Gasteiger partial charge < -0.3 is 10.2 Å². The van der Waals surface area contributed by atoms with Crippen LogP contribution in [0.25, 0.3) is 0 Å². The minimum absolute atomic E-state index is 0.0441. The summed E-state index contributed by atoms with van der Waals surface area (Å²) < 4.78 is 0. The predicted octanol–water partition coefficient (Wildman–Crippen LogP) is 5.17. The number of nitrogens with one attached hydrogen (secondary N) is 1. The molecule has 0 atom stereocenters. The first-order chi connectivity index (χ1) is 15.4. The van der Waals surface area contributed by atoms with Gasteiger partial charge in [-0.25, -0.2) is 0 Å². The third-order valence-electron chi connectivity index (χ3n) is 6.23. The molecule has 0 spiro atoms. The molecule has 32 heavy (non-hydrogen) atoms. The first kappa shape index (κ1) is 23.9. The summed E-state index contributed by atoms with van der Waals surface area (Å²) in [5.41, 5.74) is 4.20. The second kappa shape index (κ2) is 11.2. The van der Waals surface area contributed by atoms with Crippen molar-refractivity contribution in [2.75, 3.05) is 23.3 Å². The van der Waals surface area contributed by atoms with Gasteiger partial charge in [0.25, 0.3) is 5.91 Å². The second-order valence-corrected chi connectivity index (χ2v) is 8.99. The lowest BCUT2D eigenvalue weighted by Crippen LogP contribution is -2.35. The Morgan fingerprint density at radius 2 is 1.75 bits per heavy atom. The molecule has 0 saturated heterocycles. The summed E-state index contributed by atoms with van der Waals surface area (Å²) in [4.78, 5) is 34.0. The molecule has 1 aliphatic rings. The number of amides is 2. The Morgan fingerprint density at radius 3 is 2.44 bits per heavy atom. The highest BCUT2D eigenvalue weighted by Gasteiger charge is 2.21. The quantitative estimate of drug-likeness (QED) is 0.721. The van der Waals surface area contributed by atoms with E-state index in [4.69, 9.17) is 0 Å². The molecule has 0 aliphatic carbocycles. The van der Waals surface area contributed by atoms with Gasteiger partial charge >= 0.3 is 0 Å². The normalized spacial score (nSPS) is 16.1. The smallest absolute Gasteiger partial charge is 0.255 e. The molecule has 2 aromatic rings. The number of fused-ring (bicyclic) bond motifs is 1. The number of aryl methyl sites for hydroxylation is 1. The van der Waals surface area contributed by atoms with Crippen LogP contribution in [0.5, 0.6) is 0 Å². The molecule has 6 nitrogen and oxygen atoms in total. The monoisotopic (exact) mass is 436 g/mol. The number of carbonyl (C=O) groups is 2. The van der Waals surface area contributed by atoms with Gasteiger partial charge in [-0.1, -0.05) is 19.3 Å². The van der Waals surface area contributed by atoms with E-state index in [1.807, 2.05) is 36.1 Å². The summed E-state index contributed by atoms with van der Waals surface area (Å²) in [6.07, 6.45) is 9.09. The van der Waals surface area contributed by atoms with Gasteiger partial charge in [-0.3, -0.25) is 19.5 Å². The van der Waals surface area contributed by atoms with Gasteiger partial charge in [0.1, 0.15) is 0 Å². The molecule has 2 amide bonds. The Bertz CT molecular complexity index is 941. The van der Waals surface area contributed by atoms with E-state index in [1.165, 1.54) is 19.3 Å².